The Balaban J connectivity index is 1.51. The van der Waals surface area contributed by atoms with E-state index in [0.717, 1.165) is 28.7 Å². The van der Waals surface area contributed by atoms with Crippen molar-refractivity contribution in [2.24, 2.45) is 0 Å². The summed E-state index contributed by atoms with van der Waals surface area (Å²) in [5.41, 5.74) is 4.50. The first kappa shape index (κ1) is 18.4. The second-order valence-electron chi connectivity index (χ2n) is 6.55. The van der Waals surface area contributed by atoms with Gasteiger partial charge in [-0.3, -0.25) is 4.57 Å². The molecule has 0 atom stereocenters. The SMILES string of the molecule is CCc1ccc(-n2c(C)nnc2SCc2nc(-c3ccc(C)cc3)no2)cc1. The normalized spacial score (nSPS) is 11.1. The molecule has 0 aliphatic rings. The van der Waals surface area contributed by atoms with Crippen LogP contribution in [0.15, 0.2) is 58.2 Å². The van der Waals surface area contributed by atoms with Crippen molar-refractivity contribution < 1.29 is 4.52 Å². The summed E-state index contributed by atoms with van der Waals surface area (Å²) in [6.07, 6.45) is 1.02. The molecule has 0 radical (unpaired) electrons. The molecule has 142 valence electrons. The highest BCUT2D eigenvalue weighted by Crippen LogP contribution is 2.26. The molecule has 0 aliphatic heterocycles. The van der Waals surface area contributed by atoms with Gasteiger partial charge in [0.2, 0.25) is 11.7 Å². The van der Waals surface area contributed by atoms with Crippen LogP contribution in [0.25, 0.3) is 17.1 Å². The minimum atomic E-state index is 0.532. The Kier molecular flexibility index (Phi) is 5.25. The van der Waals surface area contributed by atoms with E-state index in [4.69, 9.17) is 4.52 Å². The number of hydrogen-bond acceptors (Lipinski definition) is 6. The van der Waals surface area contributed by atoms with Crippen LogP contribution in [0.4, 0.5) is 0 Å². The Morgan fingerprint density at radius 3 is 2.43 bits per heavy atom. The average Bonchev–Trinajstić information content (AvgIpc) is 3.34. The Morgan fingerprint density at radius 1 is 0.964 bits per heavy atom. The first-order valence-corrected chi connectivity index (χ1v) is 10.2. The van der Waals surface area contributed by atoms with Gasteiger partial charge in [-0.2, -0.15) is 4.98 Å². The van der Waals surface area contributed by atoms with Crippen molar-refractivity contribution in [2.45, 2.75) is 38.1 Å². The molecule has 0 saturated carbocycles. The summed E-state index contributed by atoms with van der Waals surface area (Å²) in [5, 5.41) is 13.4. The van der Waals surface area contributed by atoms with Crippen LogP contribution in [-0.2, 0) is 12.2 Å². The summed E-state index contributed by atoms with van der Waals surface area (Å²) < 4.78 is 7.46. The van der Waals surface area contributed by atoms with Gasteiger partial charge in [-0.05, 0) is 38.0 Å². The monoisotopic (exact) mass is 391 g/mol. The first-order valence-electron chi connectivity index (χ1n) is 9.18. The molecule has 0 aliphatic carbocycles. The highest BCUT2D eigenvalue weighted by molar-refractivity contribution is 7.98. The standard InChI is InChI=1S/C21H21N5OS/c1-4-16-7-11-18(12-8-16)26-15(3)23-24-21(26)28-13-19-22-20(25-27-19)17-9-5-14(2)6-10-17/h5-12H,4,13H2,1-3H3. The second-order valence-corrected chi connectivity index (χ2v) is 7.49. The fourth-order valence-corrected chi connectivity index (χ4v) is 3.71. The van der Waals surface area contributed by atoms with E-state index in [1.54, 1.807) is 0 Å². The fourth-order valence-electron chi connectivity index (χ4n) is 2.87. The van der Waals surface area contributed by atoms with Crippen LogP contribution in [0.3, 0.4) is 0 Å². The lowest BCUT2D eigenvalue weighted by molar-refractivity contribution is 0.391. The van der Waals surface area contributed by atoms with Crippen molar-refractivity contribution in [3.05, 3.63) is 71.4 Å². The zero-order valence-corrected chi connectivity index (χ0v) is 16.9. The van der Waals surface area contributed by atoms with Gasteiger partial charge in [0.15, 0.2) is 5.16 Å². The highest BCUT2D eigenvalue weighted by atomic mass is 32.2. The van der Waals surface area contributed by atoms with Crippen LogP contribution in [0.2, 0.25) is 0 Å². The summed E-state index contributed by atoms with van der Waals surface area (Å²) in [6, 6.07) is 16.5. The molecule has 0 unspecified atom stereocenters. The summed E-state index contributed by atoms with van der Waals surface area (Å²) in [4.78, 5) is 4.50. The van der Waals surface area contributed by atoms with E-state index < -0.39 is 0 Å². The largest absolute Gasteiger partial charge is 0.338 e. The zero-order chi connectivity index (χ0) is 19.5. The smallest absolute Gasteiger partial charge is 0.237 e. The van der Waals surface area contributed by atoms with Gasteiger partial charge in [0.05, 0.1) is 5.75 Å². The van der Waals surface area contributed by atoms with Crippen LogP contribution in [-0.4, -0.2) is 24.9 Å². The minimum absolute atomic E-state index is 0.532. The van der Waals surface area contributed by atoms with Gasteiger partial charge < -0.3 is 4.52 Å². The predicted octanol–water partition coefficient (Wildman–Crippen LogP) is 4.79. The lowest BCUT2D eigenvalue weighted by atomic mass is 10.1. The first-order chi connectivity index (χ1) is 13.6. The third-order valence-corrected chi connectivity index (χ3v) is 5.41. The number of benzene rings is 2. The summed E-state index contributed by atoms with van der Waals surface area (Å²) >= 11 is 1.53. The van der Waals surface area contributed by atoms with E-state index in [0.29, 0.717) is 17.5 Å². The molecule has 7 heteroatoms. The molecule has 0 amide bonds. The molecule has 0 spiro atoms. The maximum Gasteiger partial charge on any atom is 0.237 e. The van der Waals surface area contributed by atoms with Crippen LogP contribution in [0.1, 0.15) is 29.8 Å². The summed E-state index contributed by atoms with van der Waals surface area (Å²) in [5.74, 6) is 2.54. The van der Waals surface area contributed by atoms with Crippen LogP contribution in [0.5, 0.6) is 0 Å². The zero-order valence-electron chi connectivity index (χ0n) is 16.1. The van der Waals surface area contributed by atoms with Gasteiger partial charge in [0.25, 0.3) is 0 Å². The molecule has 28 heavy (non-hydrogen) atoms. The van der Waals surface area contributed by atoms with Crippen LogP contribution in [0, 0.1) is 13.8 Å². The highest BCUT2D eigenvalue weighted by Gasteiger charge is 2.14. The molecule has 2 aromatic heterocycles. The van der Waals surface area contributed by atoms with Crippen molar-refractivity contribution in [1.29, 1.82) is 0 Å². The lowest BCUT2D eigenvalue weighted by Crippen LogP contribution is -1.99. The molecule has 4 rings (SSSR count). The molecule has 0 bridgehead atoms. The second kappa shape index (κ2) is 7.98. The summed E-state index contributed by atoms with van der Waals surface area (Å²) in [7, 11) is 0. The molecule has 0 fully saturated rings. The Morgan fingerprint density at radius 2 is 1.71 bits per heavy atom. The van der Waals surface area contributed by atoms with Crippen molar-refractivity contribution in [2.75, 3.05) is 0 Å². The topological polar surface area (TPSA) is 69.6 Å². The Hall–Kier alpha value is -2.93. The number of hydrogen-bond donors (Lipinski definition) is 0. The van der Waals surface area contributed by atoms with Crippen molar-refractivity contribution in [3.8, 4) is 17.1 Å². The maximum absolute atomic E-state index is 5.41. The van der Waals surface area contributed by atoms with E-state index in [9.17, 15) is 0 Å². The quantitative estimate of drug-likeness (QED) is 0.440. The van der Waals surface area contributed by atoms with E-state index >= 15 is 0 Å². The van der Waals surface area contributed by atoms with Crippen LogP contribution < -0.4 is 0 Å². The van der Waals surface area contributed by atoms with Gasteiger partial charge in [-0.25, -0.2) is 0 Å². The third-order valence-electron chi connectivity index (χ3n) is 4.50. The molecule has 2 aromatic carbocycles. The molecular weight excluding hydrogens is 370 g/mol. The number of thioether (sulfide) groups is 1. The van der Waals surface area contributed by atoms with E-state index in [2.05, 4.69) is 58.5 Å². The van der Waals surface area contributed by atoms with Crippen molar-refractivity contribution >= 4 is 11.8 Å². The van der Waals surface area contributed by atoms with Gasteiger partial charge in [-0.15, -0.1) is 10.2 Å². The average molecular weight is 392 g/mol. The molecule has 0 saturated heterocycles. The maximum atomic E-state index is 5.41. The number of aryl methyl sites for hydroxylation is 3. The molecular formula is C21H21N5OS. The van der Waals surface area contributed by atoms with Gasteiger partial charge in [0, 0.05) is 11.3 Å². The van der Waals surface area contributed by atoms with Crippen molar-refractivity contribution in [3.63, 3.8) is 0 Å². The van der Waals surface area contributed by atoms with Gasteiger partial charge >= 0.3 is 0 Å². The molecule has 4 aromatic rings. The van der Waals surface area contributed by atoms with Gasteiger partial charge in [0.1, 0.15) is 5.82 Å². The molecule has 0 N–H and O–H groups in total. The van der Waals surface area contributed by atoms with E-state index in [1.807, 2.05) is 35.8 Å². The predicted molar refractivity (Wildman–Crippen MR) is 110 cm³/mol. The number of nitrogens with zero attached hydrogens (tertiary/aromatic N) is 5. The molecule has 2 heterocycles. The fraction of sp³-hybridized carbons (Fsp3) is 0.238. The lowest BCUT2D eigenvalue weighted by Gasteiger charge is -2.08. The summed E-state index contributed by atoms with van der Waals surface area (Å²) in [6.45, 7) is 6.15. The van der Waals surface area contributed by atoms with Gasteiger partial charge in [-0.1, -0.05) is 65.8 Å². The number of aromatic nitrogens is 5. The molecule has 6 nitrogen and oxygen atoms in total. The van der Waals surface area contributed by atoms with Crippen LogP contribution >= 0.6 is 11.8 Å². The van der Waals surface area contributed by atoms with Crippen molar-refractivity contribution in [1.82, 2.24) is 24.9 Å². The minimum Gasteiger partial charge on any atom is -0.338 e. The Labute approximate surface area is 168 Å². The van der Waals surface area contributed by atoms with E-state index in [-0.39, 0.29) is 0 Å². The third kappa shape index (κ3) is 3.84. The Bertz CT molecular complexity index is 1070. The number of rotatable bonds is 6. The van der Waals surface area contributed by atoms with E-state index in [1.165, 1.54) is 22.9 Å².